The second-order valence-corrected chi connectivity index (χ2v) is 7.33. The van der Waals surface area contributed by atoms with Gasteiger partial charge < -0.3 is 4.90 Å². The fourth-order valence-corrected chi connectivity index (χ4v) is 3.83. The van der Waals surface area contributed by atoms with Gasteiger partial charge in [0, 0.05) is 23.2 Å². The molecule has 5 rings (SSSR count). The molecule has 2 aromatic heterocycles. The number of halogens is 3. The van der Waals surface area contributed by atoms with Crippen molar-refractivity contribution < 1.29 is 18.0 Å². The van der Waals surface area contributed by atoms with Crippen molar-refractivity contribution >= 4 is 22.5 Å². The van der Waals surface area contributed by atoms with Crippen LogP contribution in [0.5, 0.6) is 0 Å². The van der Waals surface area contributed by atoms with Crippen molar-refractivity contribution in [2.75, 3.05) is 11.4 Å². The van der Waals surface area contributed by atoms with E-state index in [0.29, 0.717) is 23.5 Å². The van der Waals surface area contributed by atoms with E-state index in [9.17, 15) is 18.0 Å². The Kier molecular flexibility index (Phi) is 3.96. The van der Waals surface area contributed by atoms with Crippen LogP contribution in [0.15, 0.2) is 54.9 Å². The molecule has 0 bridgehead atoms. The highest BCUT2D eigenvalue weighted by atomic mass is 19.4. The fourth-order valence-electron chi connectivity index (χ4n) is 3.83. The Labute approximate surface area is 168 Å². The van der Waals surface area contributed by atoms with Crippen LogP contribution in [0.3, 0.4) is 0 Å². The summed E-state index contributed by atoms with van der Waals surface area (Å²) in [5, 5.41) is 12.3. The van der Waals surface area contributed by atoms with E-state index >= 15 is 0 Å². The first kappa shape index (κ1) is 18.4. The zero-order valence-electron chi connectivity index (χ0n) is 15.8. The summed E-state index contributed by atoms with van der Waals surface area (Å²) in [4.78, 5) is 14.8. The molecule has 2 aromatic carbocycles. The summed E-state index contributed by atoms with van der Waals surface area (Å²) in [5.74, 6) is -0.301. The van der Waals surface area contributed by atoms with E-state index in [1.807, 2.05) is 25.1 Å². The zero-order chi connectivity index (χ0) is 21.0. The first-order chi connectivity index (χ1) is 14.3. The van der Waals surface area contributed by atoms with Crippen LogP contribution in [0.2, 0.25) is 0 Å². The van der Waals surface area contributed by atoms with E-state index in [1.54, 1.807) is 17.1 Å². The number of fused-ring (bicyclic) bond motifs is 2. The molecule has 0 saturated carbocycles. The molecule has 1 aliphatic rings. The number of benzene rings is 2. The number of aromatic amines is 1. The Morgan fingerprint density at radius 3 is 2.60 bits per heavy atom. The van der Waals surface area contributed by atoms with Crippen molar-refractivity contribution in [3.05, 3.63) is 66.1 Å². The second kappa shape index (κ2) is 6.45. The number of nitrogens with zero attached hydrogens (tertiary/aromatic N) is 4. The van der Waals surface area contributed by atoms with Crippen LogP contribution in [0, 0.1) is 0 Å². The van der Waals surface area contributed by atoms with E-state index in [4.69, 9.17) is 0 Å². The maximum absolute atomic E-state index is 13.3. The average molecular weight is 411 g/mol. The highest BCUT2D eigenvalue weighted by Gasteiger charge is 2.35. The quantitative estimate of drug-likeness (QED) is 0.521. The van der Waals surface area contributed by atoms with Gasteiger partial charge in [0.15, 0.2) is 0 Å². The number of hydrogen-bond acceptors (Lipinski definition) is 3. The second-order valence-electron chi connectivity index (χ2n) is 7.33. The van der Waals surface area contributed by atoms with Crippen LogP contribution >= 0.6 is 0 Å². The summed E-state index contributed by atoms with van der Waals surface area (Å²) in [6.45, 7) is 2.24. The number of carbonyl (C=O) groups is 1. The van der Waals surface area contributed by atoms with Crippen molar-refractivity contribution in [3.8, 4) is 11.1 Å². The minimum absolute atomic E-state index is 0.135. The standard InChI is InChI=1S/C21H16F3N5O/c1-12-11-28(16-6-4-15(5-7-16)21(22,23)24)20(30)19-17(10-26-29(12)19)13-2-3-14-9-25-27-18(14)8-13/h2-10,12H,11H2,1H3,(H,25,27)/t12-/m0/s1. The number of rotatable bonds is 2. The highest BCUT2D eigenvalue weighted by molar-refractivity contribution is 6.10. The van der Waals surface area contributed by atoms with Crippen LogP contribution in [0.25, 0.3) is 22.0 Å². The van der Waals surface area contributed by atoms with Gasteiger partial charge in [-0.2, -0.15) is 23.4 Å². The minimum atomic E-state index is -4.42. The van der Waals surface area contributed by atoms with E-state index < -0.39 is 11.7 Å². The van der Waals surface area contributed by atoms with Gasteiger partial charge in [-0.3, -0.25) is 14.6 Å². The maximum atomic E-state index is 13.3. The molecule has 4 aromatic rings. The molecule has 9 heteroatoms. The van der Waals surface area contributed by atoms with Crippen molar-refractivity contribution in [1.82, 2.24) is 20.0 Å². The molecule has 0 aliphatic carbocycles. The summed E-state index contributed by atoms with van der Waals surface area (Å²) < 4.78 is 40.3. The minimum Gasteiger partial charge on any atom is -0.305 e. The van der Waals surface area contributed by atoms with Crippen LogP contribution in [0.1, 0.15) is 29.0 Å². The van der Waals surface area contributed by atoms with Gasteiger partial charge in [0.05, 0.1) is 29.5 Å². The van der Waals surface area contributed by atoms with E-state index in [2.05, 4.69) is 15.3 Å². The lowest BCUT2D eigenvalue weighted by Crippen LogP contribution is -2.42. The van der Waals surface area contributed by atoms with Crippen LogP contribution in [-0.4, -0.2) is 32.4 Å². The van der Waals surface area contributed by atoms with Gasteiger partial charge in [0.25, 0.3) is 5.91 Å². The molecular weight excluding hydrogens is 395 g/mol. The summed E-state index contributed by atoms with van der Waals surface area (Å²) in [5.41, 5.74) is 2.39. The first-order valence-electron chi connectivity index (χ1n) is 9.33. The molecule has 1 N–H and O–H groups in total. The number of aromatic nitrogens is 4. The van der Waals surface area contributed by atoms with Gasteiger partial charge in [-0.05, 0) is 42.8 Å². The molecule has 0 spiro atoms. The lowest BCUT2D eigenvalue weighted by molar-refractivity contribution is -0.137. The Morgan fingerprint density at radius 2 is 1.87 bits per heavy atom. The maximum Gasteiger partial charge on any atom is 0.416 e. The van der Waals surface area contributed by atoms with Gasteiger partial charge in [-0.15, -0.1) is 0 Å². The molecule has 30 heavy (non-hydrogen) atoms. The lowest BCUT2D eigenvalue weighted by atomic mass is 10.0. The summed E-state index contributed by atoms with van der Waals surface area (Å²) in [7, 11) is 0. The number of nitrogens with one attached hydrogen (secondary N) is 1. The number of amides is 1. The molecule has 1 aliphatic heterocycles. The van der Waals surface area contributed by atoms with Crippen molar-refractivity contribution in [2.45, 2.75) is 19.1 Å². The molecule has 0 saturated heterocycles. The normalized spacial score (nSPS) is 16.9. The van der Waals surface area contributed by atoms with E-state index in [0.717, 1.165) is 28.6 Å². The van der Waals surface area contributed by atoms with E-state index in [-0.39, 0.29) is 11.9 Å². The van der Waals surface area contributed by atoms with Gasteiger partial charge in [0.1, 0.15) is 5.69 Å². The van der Waals surface area contributed by atoms with Crippen molar-refractivity contribution in [3.63, 3.8) is 0 Å². The van der Waals surface area contributed by atoms with Crippen LogP contribution in [0.4, 0.5) is 18.9 Å². The van der Waals surface area contributed by atoms with Crippen LogP contribution in [-0.2, 0) is 6.18 Å². The lowest BCUT2D eigenvalue weighted by Gasteiger charge is -2.32. The van der Waals surface area contributed by atoms with Crippen molar-refractivity contribution in [1.29, 1.82) is 0 Å². The monoisotopic (exact) mass is 411 g/mol. The third kappa shape index (κ3) is 2.85. The molecule has 0 radical (unpaired) electrons. The zero-order valence-corrected chi connectivity index (χ0v) is 15.8. The third-order valence-electron chi connectivity index (χ3n) is 5.37. The summed E-state index contributed by atoms with van der Waals surface area (Å²) >= 11 is 0. The summed E-state index contributed by atoms with van der Waals surface area (Å²) in [6.07, 6.45) is -1.06. The molecule has 0 fully saturated rings. The Hall–Kier alpha value is -3.62. The third-order valence-corrected chi connectivity index (χ3v) is 5.37. The van der Waals surface area contributed by atoms with Crippen LogP contribution < -0.4 is 4.90 Å². The Balaban J connectivity index is 1.56. The predicted octanol–water partition coefficient (Wildman–Crippen LogP) is 4.67. The van der Waals surface area contributed by atoms with Gasteiger partial charge in [0.2, 0.25) is 0 Å². The van der Waals surface area contributed by atoms with E-state index in [1.165, 1.54) is 17.0 Å². The topological polar surface area (TPSA) is 66.8 Å². The molecule has 3 heterocycles. The average Bonchev–Trinajstić information content (AvgIpc) is 3.37. The number of anilines is 1. The molecule has 6 nitrogen and oxygen atoms in total. The van der Waals surface area contributed by atoms with Gasteiger partial charge in [-0.1, -0.05) is 12.1 Å². The number of H-pyrrole nitrogens is 1. The highest BCUT2D eigenvalue weighted by Crippen LogP contribution is 2.35. The molecule has 0 unspecified atom stereocenters. The molecule has 1 amide bonds. The SMILES string of the molecule is C[C@H]1CN(c2ccc(C(F)(F)F)cc2)C(=O)c2c(-c3ccc4cn[nH]c4c3)cnn21. The predicted molar refractivity (Wildman–Crippen MR) is 105 cm³/mol. The largest absolute Gasteiger partial charge is 0.416 e. The fraction of sp³-hybridized carbons (Fsp3) is 0.190. The number of hydrogen-bond donors (Lipinski definition) is 1. The molecule has 152 valence electrons. The Bertz CT molecular complexity index is 1260. The van der Waals surface area contributed by atoms with Crippen molar-refractivity contribution in [2.24, 2.45) is 0 Å². The smallest absolute Gasteiger partial charge is 0.305 e. The molecular formula is C21H16F3N5O. The molecule has 1 atom stereocenters. The number of carbonyl (C=O) groups excluding carboxylic acids is 1. The number of alkyl halides is 3. The first-order valence-corrected chi connectivity index (χ1v) is 9.33. The van der Waals surface area contributed by atoms with Gasteiger partial charge >= 0.3 is 6.18 Å². The Morgan fingerprint density at radius 1 is 1.10 bits per heavy atom. The van der Waals surface area contributed by atoms with Gasteiger partial charge in [-0.25, -0.2) is 0 Å². The summed E-state index contributed by atoms with van der Waals surface area (Å²) in [6, 6.07) is 10.2.